The predicted molar refractivity (Wildman–Crippen MR) is 174 cm³/mol. The van der Waals surface area contributed by atoms with Gasteiger partial charge in [-0.1, -0.05) is 97.1 Å². The molecule has 0 fully saturated rings. The predicted octanol–water partition coefficient (Wildman–Crippen LogP) is 9.60. The van der Waals surface area contributed by atoms with Gasteiger partial charge in [-0.05, 0) is 41.5 Å². The maximum Gasteiger partial charge on any atom is 0.235 e. The average Bonchev–Trinajstić information content (AvgIpc) is 3.81. The monoisotopic (exact) mass is 552 g/mol. The number of nitrogens with zero attached hydrogens (tertiary/aromatic N) is 4. The molecule has 202 valence electrons. The summed E-state index contributed by atoms with van der Waals surface area (Å²) in [4.78, 5) is 10.4. The Balaban J connectivity index is 1.37. The molecule has 0 bridgehead atoms. The van der Waals surface area contributed by atoms with Gasteiger partial charge >= 0.3 is 0 Å². The summed E-state index contributed by atoms with van der Waals surface area (Å²) in [5, 5.41) is 4.35. The summed E-state index contributed by atoms with van der Waals surface area (Å²) in [5.41, 5.74) is 9.27. The molecule has 5 heteroatoms. The van der Waals surface area contributed by atoms with Crippen LogP contribution in [-0.2, 0) is 0 Å². The van der Waals surface area contributed by atoms with Gasteiger partial charge in [-0.15, -0.1) is 0 Å². The largest absolute Gasteiger partial charge is 0.470 e. The molecule has 9 aromatic rings. The molecule has 5 aromatic carbocycles. The Morgan fingerprint density at radius 1 is 0.512 bits per heavy atom. The van der Waals surface area contributed by atoms with Crippen molar-refractivity contribution >= 4 is 43.6 Å². The van der Waals surface area contributed by atoms with E-state index in [9.17, 15) is 0 Å². The average molecular weight is 553 g/mol. The number of para-hydroxylation sites is 2. The number of rotatable bonds is 4. The van der Waals surface area contributed by atoms with Gasteiger partial charge in [0, 0.05) is 33.6 Å². The van der Waals surface area contributed by atoms with Gasteiger partial charge < -0.3 is 8.98 Å². The second-order valence-electron chi connectivity index (χ2n) is 10.7. The van der Waals surface area contributed by atoms with Gasteiger partial charge in [0.05, 0.1) is 27.6 Å². The molecule has 0 spiro atoms. The van der Waals surface area contributed by atoms with Crippen LogP contribution in [0.4, 0.5) is 0 Å². The number of aromatic nitrogens is 4. The number of furan rings is 1. The third-order valence-corrected chi connectivity index (χ3v) is 8.33. The van der Waals surface area contributed by atoms with E-state index in [-0.39, 0.29) is 0 Å². The van der Waals surface area contributed by atoms with E-state index in [2.05, 4.69) is 131 Å². The summed E-state index contributed by atoms with van der Waals surface area (Å²) in [6.45, 7) is 0. The van der Waals surface area contributed by atoms with Gasteiger partial charge in [0.15, 0.2) is 0 Å². The second kappa shape index (κ2) is 9.29. The highest BCUT2D eigenvalue weighted by molar-refractivity contribution is 6.18. The molecule has 0 unspecified atom stereocenters. The summed E-state index contributed by atoms with van der Waals surface area (Å²) < 4.78 is 10.2. The summed E-state index contributed by atoms with van der Waals surface area (Å²) in [6, 6.07) is 44.4. The first-order valence-corrected chi connectivity index (χ1v) is 14.3. The standard InChI is InChI=1S/C38H24N4O/c1-3-11-25(12-4-1)27-15-7-8-17-29(27)36-32-23-43-24-33(32)39-38(40-36)42-35-18-10-9-16-28(35)30-19-20-34-31(37(30)42)21-22-41(34)26-13-5-2-6-14-26/h1-24H. The van der Waals surface area contributed by atoms with Gasteiger partial charge in [-0.2, -0.15) is 0 Å². The maximum absolute atomic E-state index is 5.73. The Bertz CT molecular complexity index is 2450. The highest BCUT2D eigenvalue weighted by Crippen LogP contribution is 2.39. The smallest absolute Gasteiger partial charge is 0.235 e. The summed E-state index contributed by atoms with van der Waals surface area (Å²) in [5.74, 6) is 0.609. The molecule has 0 amide bonds. The number of fused-ring (bicyclic) bond motifs is 6. The van der Waals surface area contributed by atoms with Crippen LogP contribution in [0.1, 0.15) is 0 Å². The first kappa shape index (κ1) is 23.7. The molecule has 0 N–H and O–H groups in total. The fourth-order valence-electron chi connectivity index (χ4n) is 6.41. The van der Waals surface area contributed by atoms with Crippen LogP contribution in [0.5, 0.6) is 0 Å². The van der Waals surface area contributed by atoms with Crippen molar-refractivity contribution < 1.29 is 4.42 Å². The van der Waals surface area contributed by atoms with Crippen molar-refractivity contribution in [1.29, 1.82) is 0 Å². The molecular weight excluding hydrogens is 528 g/mol. The Kier molecular flexibility index (Phi) is 5.13. The molecule has 9 rings (SSSR count). The third kappa shape index (κ3) is 3.58. The van der Waals surface area contributed by atoms with Gasteiger partial charge in [0.1, 0.15) is 18.0 Å². The normalized spacial score (nSPS) is 11.7. The highest BCUT2D eigenvalue weighted by Gasteiger charge is 2.21. The molecule has 0 aliphatic carbocycles. The van der Waals surface area contributed by atoms with E-state index in [4.69, 9.17) is 14.4 Å². The fourth-order valence-corrected chi connectivity index (χ4v) is 6.41. The molecule has 4 heterocycles. The molecule has 0 saturated carbocycles. The summed E-state index contributed by atoms with van der Waals surface area (Å²) in [7, 11) is 0. The zero-order valence-electron chi connectivity index (χ0n) is 23.1. The zero-order valence-corrected chi connectivity index (χ0v) is 23.1. The van der Waals surface area contributed by atoms with Crippen LogP contribution >= 0.6 is 0 Å². The Morgan fingerprint density at radius 3 is 2.12 bits per heavy atom. The fraction of sp³-hybridized carbons (Fsp3) is 0. The van der Waals surface area contributed by atoms with Crippen molar-refractivity contribution in [3.8, 4) is 34.0 Å². The van der Waals surface area contributed by atoms with Crippen LogP contribution < -0.4 is 0 Å². The lowest BCUT2D eigenvalue weighted by Gasteiger charge is -2.13. The molecule has 5 nitrogen and oxygen atoms in total. The molecule has 0 saturated heterocycles. The SMILES string of the molecule is c1ccc(-c2ccccc2-c2nc(-n3c4ccccc4c4ccc5c(ccn5-c5ccccc5)c43)nc3cocc23)cc1. The van der Waals surface area contributed by atoms with Crippen LogP contribution in [0, 0.1) is 0 Å². The van der Waals surface area contributed by atoms with Crippen molar-refractivity contribution in [2.45, 2.75) is 0 Å². The lowest BCUT2D eigenvalue weighted by molar-refractivity contribution is 0.572. The minimum Gasteiger partial charge on any atom is -0.470 e. The van der Waals surface area contributed by atoms with Gasteiger partial charge in [0.2, 0.25) is 5.95 Å². The quantitative estimate of drug-likeness (QED) is 0.218. The maximum atomic E-state index is 5.73. The molecule has 0 aliphatic heterocycles. The number of benzene rings is 5. The minimum absolute atomic E-state index is 0.609. The van der Waals surface area contributed by atoms with Crippen LogP contribution in [0.25, 0.3) is 77.6 Å². The highest BCUT2D eigenvalue weighted by atomic mass is 16.3. The topological polar surface area (TPSA) is 48.8 Å². The van der Waals surface area contributed by atoms with E-state index < -0.39 is 0 Å². The van der Waals surface area contributed by atoms with E-state index in [1.807, 2.05) is 12.1 Å². The van der Waals surface area contributed by atoms with Crippen molar-refractivity contribution in [1.82, 2.24) is 19.1 Å². The van der Waals surface area contributed by atoms with Crippen LogP contribution in [0.2, 0.25) is 0 Å². The zero-order chi connectivity index (χ0) is 28.3. The van der Waals surface area contributed by atoms with Gasteiger partial charge in [0.25, 0.3) is 0 Å². The molecule has 0 aliphatic rings. The lowest BCUT2D eigenvalue weighted by atomic mass is 9.96. The van der Waals surface area contributed by atoms with Crippen LogP contribution in [0.15, 0.2) is 151 Å². The molecule has 0 radical (unpaired) electrons. The van der Waals surface area contributed by atoms with Crippen molar-refractivity contribution in [2.24, 2.45) is 0 Å². The number of hydrogen-bond acceptors (Lipinski definition) is 3. The first-order valence-electron chi connectivity index (χ1n) is 14.3. The van der Waals surface area contributed by atoms with Crippen molar-refractivity contribution in [3.05, 3.63) is 146 Å². The third-order valence-electron chi connectivity index (χ3n) is 8.33. The van der Waals surface area contributed by atoms with Gasteiger partial charge in [-0.3, -0.25) is 4.57 Å². The van der Waals surface area contributed by atoms with E-state index in [1.54, 1.807) is 12.5 Å². The number of hydrogen-bond donors (Lipinski definition) is 0. The van der Waals surface area contributed by atoms with E-state index >= 15 is 0 Å². The van der Waals surface area contributed by atoms with E-state index in [0.29, 0.717) is 5.95 Å². The first-order chi connectivity index (χ1) is 21.3. The Hall–Kier alpha value is -5.94. The lowest BCUT2D eigenvalue weighted by Crippen LogP contribution is -2.03. The van der Waals surface area contributed by atoms with Crippen molar-refractivity contribution in [3.63, 3.8) is 0 Å². The Labute approximate surface area is 246 Å². The molecular formula is C38H24N4O. The van der Waals surface area contributed by atoms with Crippen molar-refractivity contribution in [2.75, 3.05) is 0 Å². The van der Waals surface area contributed by atoms with E-state index in [1.165, 1.54) is 0 Å². The summed E-state index contributed by atoms with van der Waals surface area (Å²) in [6.07, 6.45) is 5.61. The van der Waals surface area contributed by atoms with Crippen LogP contribution in [-0.4, -0.2) is 19.1 Å². The van der Waals surface area contributed by atoms with Crippen LogP contribution in [0.3, 0.4) is 0 Å². The Morgan fingerprint density at radius 2 is 1.26 bits per heavy atom. The molecule has 4 aromatic heterocycles. The summed E-state index contributed by atoms with van der Waals surface area (Å²) >= 11 is 0. The van der Waals surface area contributed by atoms with Gasteiger partial charge in [-0.25, -0.2) is 9.97 Å². The molecule has 0 atom stereocenters. The molecule has 43 heavy (non-hydrogen) atoms. The second-order valence-corrected chi connectivity index (χ2v) is 10.7. The van der Waals surface area contributed by atoms with E-state index in [0.717, 1.165) is 71.7 Å². The minimum atomic E-state index is 0.609.